The standard InChI is InChI=1S/C12H12FN3O2S2/c1-18-10(17)6-7-19-12-16-15-11(20-12)14-9-4-2-8(13)3-5-9/h2-5H,6-7H2,1H3,(H,14,15). The Labute approximate surface area is 123 Å². The number of nitrogens with zero attached hydrogens (tertiary/aromatic N) is 2. The highest BCUT2D eigenvalue weighted by Crippen LogP contribution is 2.28. The van der Waals surface area contributed by atoms with E-state index >= 15 is 0 Å². The molecule has 20 heavy (non-hydrogen) atoms. The van der Waals surface area contributed by atoms with Crippen LogP contribution in [0.15, 0.2) is 28.6 Å². The van der Waals surface area contributed by atoms with Crippen molar-refractivity contribution in [3.63, 3.8) is 0 Å². The molecule has 0 aliphatic heterocycles. The lowest BCUT2D eigenvalue weighted by Gasteiger charge is -2.00. The minimum atomic E-state index is -0.285. The van der Waals surface area contributed by atoms with Crippen molar-refractivity contribution >= 4 is 39.9 Å². The van der Waals surface area contributed by atoms with Gasteiger partial charge in [-0.25, -0.2) is 4.39 Å². The third-order valence-electron chi connectivity index (χ3n) is 2.26. The van der Waals surface area contributed by atoms with Gasteiger partial charge in [0.1, 0.15) is 5.82 Å². The van der Waals surface area contributed by atoms with Gasteiger partial charge < -0.3 is 10.1 Å². The minimum Gasteiger partial charge on any atom is -0.469 e. The molecule has 1 aromatic heterocycles. The fourth-order valence-electron chi connectivity index (χ4n) is 1.30. The van der Waals surface area contributed by atoms with Gasteiger partial charge in [-0.05, 0) is 24.3 Å². The second kappa shape index (κ2) is 7.20. The van der Waals surface area contributed by atoms with E-state index in [0.717, 1.165) is 10.0 Å². The fraction of sp³-hybridized carbons (Fsp3) is 0.250. The summed E-state index contributed by atoms with van der Waals surface area (Å²) in [7, 11) is 1.36. The molecule has 8 heteroatoms. The summed E-state index contributed by atoms with van der Waals surface area (Å²) in [5.41, 5.74) is 0.744. The molecule has 0 aliphatic rings. The summed E-state index contributed by atoms with van der Waals surface area (Å²) >= 11 is 2.82. The van der Waals surface area contributed by atoms with Gasteiger partial charge in [0.15, 0.2) is 4.34 Å². The second-order valence-electron chi connectivity index (χ2n) is 3.68. The van der Waals surface area contributed by atoms with Crippen molar-refractivity contribution in [1.82, 2.24) is 10.2 Å². The van der Waals surface area contributed by atoms with Gasteiger partial charge in [-0.15, -0.1) is 10.2 Å². The Kier molecular flexibility index (Phi) is 5.31. The number of halogens is 1. The van der Waals surface area contributed by atoms with Crippen LogP contribution in [-0.2, 0) is 9.53 Å². The number of esters is 1. The van der Waals surface area contributed by atoms with E-state index in [9.17, 15) is 9.18 Å². The number of carbonyl (C=O) groups excluding carboxylic acids is 1. The lowest BCUT2D eigenvalue weighted by atomic mass is 10.3. The molecule has 0 atom stereocenters. The Hall–Kier alpha value is -1.67. The molecule has 5 nitrogen and oxygen atoms in total. The molecule has 1 aromatic carbocycles. The van der Waals surface area contributed by atoms with Crippen LogP contribution in [0.5, 0.6) is 0 Å². The average Bonchev–Trinajstić information content (AvgIpc) is 2.89. The minimum absolute atomic E-state index is 0.244. The van der Waals surface area contributed by atoms with E-state index in [4.69, 9.17) is 0 Å². The Morgan fingerprint density at radius 1 is 1.40 bits per heavy atom. The summed E-state index contributed by atoms with van der Waals surface area (Å²) < 4.78 is 18.1. The average molecular weight is 313 g/mol. The molecule has 0 unspecified atom stereocenters. The van der Waals surface area contributed by atoms with Gasteiger partial charge in [0.2, 0.25) is 5.13 Å². The van der Waals surface area contributed by atoms with Crippen LogP contribution < -0.4 is 5.32 Å². The quantitative estimate of drug-likeness (QED) is 0.653. The Morgan fingerprint density at radius 3 is 2.85 bits per heavy atom. The number of hydrogen-bond acceptors (Lipinski definition) is 7. The molecule has 0 radical (unpaired) electrons. The third-order valence-corrected chi connectivity index (χ3v) is 4.24. The molecule has 106 valence electrons. The van der Waals surface area contributed by atoms with Crippen molar-refractivity contribution in [3.8, 4) is 0 Å². The number of nitrogens with one attached hydrogen (secondary N) is 1. The maximum Gasteiger partial charge on any atom is 0.306 e. The molecule has 0 bridgehead atoms. The van der Waals surface area contributed by atoms with Crippen LogP contribution in [0.2, 0.25) is 0 Å². The molecular formula is C12H12FN3O2S2. The van der Waals surface area contributed by atoms with Crippen molar-refractivity contribution in [2.45, 2.75) is 10.8 Å². The van der Waals surface area contributed by atoms with Crippen LogP contribution in [-0.4, -0.2) is 29.0 Å². The number of thioether (sulfide) groups is 1. The van der Waals surface area contributed by atoms with E-state index < -0.39 is 0 Å². The molecule has 1 heterocycles. The van der Waals surface area contributed by atoms with Gasteiger partial charge in [-0.1, -0.05) is 23.1 Å². The first kappa shape index (κ1) is 14.7. The number of hydrogen-bond donors (Lipinski definition) is 1. The number of aromatic nitrogens is 2. The molecule has 2 rings (SSSR count). The van der Waals surface area contributed by atoms with Crippen LogP contribution >= 0.6 is 23.1 Å². The van der Waals surface area contributed by atoms with Crippen LogP contribution in [0, 0.1) is 5.82 Å². The zero-order valence-electron chi connectivity index (χ0n) is 10.6. The topological polar surface area (TPSA) is 64.1 Å². The Bertz CT molecular complexity index is 574. The second-order valence-corrected chi connectivity index (χ2v) is 6.00. The van der Waals surface area contributed by atoms with Gasteiger partial charge in [0, 0.05) is 11.4 Å². The van der Waals surface area contributed by atoms with E-state index in [2.05, 4.69) is 20.3 Å². The van der Waals surface area contributed by atoms with E-state index in [-0.39, 0.29) is 11.8 Å². The third kappa shape index (κ3) is 4.46. The molecule has 0 saturated carbocycles. The highest BCUT2D eigenvalue weighted by molar-refractivity contribution is 8.01. The van der Waals surface area contributed by atoms with Crippen molar-refractivity contribution in [1.29, 1.82) is 0 Å². The van der Waals surface area contributed by atoms with Crippen LogP contribution in [0.1, 0.15) is 6.42 Å². The number of anilines is 2. The summed E-state index contributed by atoms with van der Waals surface area (Å²) in [6, 6.07) is 5.99. The highest BCUT2D eigenvalue weighted by atomic mass is 32.2. The van der Waals surface area contributed by atoms with E-state index in [1.807, 2.05) is 0 Å². The summed E-state index contributed by atoms with van der Waals surface area (Å²) in [6.07, 6.45) is 0.335. The summed E-state index contributed by atoms with van der Waals surface area (Å²) in [5.74, 6) is 0.0660. The molecule has 0 saturated heterocycles. The first-order chi connectivity index (χ1) is 9.67. The first-order valence-electron chi connectivity index (χ1n) is 5.73. The van der Waals surface area contributed by atoms with Gasteiger partial charge in [0.25, 0.3) is 0 Å². The predicted octanol–water partition coefficient (Wildman–Crippen LogP) is 3.08. The zero-order valence-corrected chi connectivity index (χ0v) is 12.3. The first-order valence-corrected chi connectivity index (χ1v) is 7.53. The van der Waals surface area contributed by atoms with Gasteiger partial charge >= 0.3 is 5.97 Å². The largest absolute Gasteiger partial charge is 0.469 e. The van der Waals surface area contributed by atoms with Gasteiger partial charge in [-0.2, -0.15) is 0 Å². The predicted molar refractivity (Wildman–Crippen MR) is 76.9 cm³/mol. The van der Waals surface area contributed by atoms with Crippen molar-refractivity contribution in [3.05, 3.63) is 30.1 Å². The number of methoxy groups -OCH3 is 1. The van der Waals surface area contributed by atoms with Gasteiger partial charge in [0.05, 0.1) is 13.5 Å². The number of ether oxygens (including phenoxy) is 1. The van der Waals surface area contributed by atoms with Crippen LogP contribution in [0.3, 0.4) is 0 Å². The van der Waals surface area contributed by atoms with Crippen molar-refractivity contribution in [2.24, 2.45) is 0 Å². The van der Waals surface area contributed by atoms with Crippen LogP contribution in [0.25, 0.3) is 0 Å². The molecule has 0 fully saturated rings. The lowest BCUT2D eigenvalue weighted by Crippen LogP contribution is -2.00. The molecule has 0 aliphatic carbocycles. The molecule has 2 aromatic rings. The Balaban J connectivity index is 1.85. The Morgan fingerprint density at radius 2 is 2.15 bits per heavy atom. The summed E-state index contributed by atoms with van der Waals surface area (Å²) in [4.78, 5) is 11.0. The van der Waals surface area contributed by atoms with E-state index in [0.29, 0.717) is 17.3 Å². The molecule has 0 amide bonds. The normalized spacial score (nSPS) is 10.3. The summed E-state index contributed by atoms with van der Waals surface area (Å²) in [6.45, 7) is 0. The molecule has 0 spiro atoms. The fourth-order valence-corrected chi connectivity index (χ4v) is 3.06. The smallest absolute Gasteiger partial charge is 0.306 e. The SMILES string of the molecule is COC(=O)CCSc1nnc(Nc2ccc(F)cc2)s1. The van der Waals surface area contributed by atoms with Crippen molar-refractivity contribution in [2.75, 3.05) is 18.2 Å². The molecular weight excluding hydrogens is 301 g/mol. The van der Waals surface area contributed by atoms with E-state index in [1.54, 1.807) is 12.1 Å². The zero-order chi connectivity index (χ0) is 14.4. The van der Waals surface area contributed by atoms with Gasteiger partial charge in [-0.3, -0.25) is 4.79 Å². The number of rotatable bonds is 6. The van der Waals surface area contributed by atoms with Crippen LogP contribution in [0.4, 0.5) is 15.2 Å². The van der Waals surface area contributed by atoms with E-state index in [1.165, 1.54) is 42.3 Å². The van der Waals surface area contributed by atoms with Crippen molar-refractivity contribution < 1.29 is 13.9 Å². The highest BCUT2D eigenvalue weighted by Gasteiger charge is 2.07. The summed E-state index contributed by atoms with van der Waals surface area (Å²) in [5, 5.41) is 11.6. The molecule has 1 N–H and O–H groups in total. The monoisotopic (exact) mass is 313 g/mol. The maximum absolute atomic E-state index is 12.8. The lowest BCUT2D eigenvalue weighted by molar-refractivity contribution is -0.140. The number of benzene rings is 1. The maximum atomic E-state index is 12.8. The number of carbonyl (C=O) groups is 1.